The molecule has 0 radical (unpaired) electrons. The van der Waals surface area contributed by atoms with Crippen LogP contribution in [0.3, 0.4) is 0 Å². The molecule has 0 N–H and O–H groups in total. The molecule has 5 heteroatoms. The average molecular weight is 331 g/mol. The van der Waals surface area contributed by atoms with Crippen LogP contribution in [-0.2, 0) is 24.7 Å². The number of carbonyl (C=O) groups is 1. The number of hydrogen-bond donors (Lipinski definition) is 0. The van der Waals surface area contributed by atoms with Gasteiger partial charge in [0.05, 0.1) is 6.20 Å². The Bertz CT molecular complexity index is 620. The van der Waals surface area contributed by atoms with E-state index < -0.39 is 0 Å². The van der Waals surface area contributed by atoms with Gasteiger partial charge in [0.1, 0.15) is 0 Å². The standard InChI is InChI=1S/C18H25N3OS/c1-20-14-15(13-19-20)7-10-18(22)21-11-3-2-5-16(21)8-9-17-6-4-12-23-17/h4,6,12-14,16H,2-3,5,7-11H2,1H3/t16-/m1/s1. The largest absolute Gasteiger partial charge is 0.340 e. The fourth-order valence-electron chi connectivity index (χ4n) is 3.39. The quantitative estimate of drug-likeness (QED) is 0.813. The first kappa shape index (κ1) is 16.2. The van der Waals surface area contributed by atoms with E-state index in [0.29, 0.717) is 18.4 Å². The second kappa shape index (κ2) is 7.77. The molecule has 1 saturated heterocycles. The average Bonchev–Trinajstić information content (AvgIpc) is 3.22. The number of thiophene rings is 1. The highest BCUT2D eigenvalue weighted by Crippen LogP contribution is 2.23. The molecule has 0 aliphatic carbocycles. The van der Waals surface area contributed by atoms with Crippen LogP contribution in [-0.4, -0.2) is 33.2 Å². The van der Waals surface area contributed by atoms with E-state index in [-0.39, 0.29) is 0 Å². The lowest BCUT2D eigenvalue weighted by Gasteiger charge is -2.36. The molecule has 0 saturated carbocycles. The minimum absolute atomic E-state index is 0.310. The van der Waals surface area contributed by atoms with Crippen LogP contribution in [0.2, 0.25) is 0 Å². The Morgan fingerprint density at radius 3 is 3.04 bits per heavy atom. The van der Waals surface area contributed by atoms with Crippen molar-refractivity contribution in [2.45, 2.75) is 51.0 Å². The highest BCUT2D eigenvalue weighted by atomic mass is 32.1. The highest BCUT2D eigenvalue weighted by molar-refractivity contribution is 7.09. The minimum Gasteiger partial charge on any atom is -0.340 e. The number of aromatic nitrogens is 2. The first-order valence-electron chi connectivity index (χ1n) is 8.52. The number of carbonyl (C=O) groups excluding carboxylic acids is 1. The van der Waals surface area contributed by atoms with E-state index in [1.165, 1.54) is 11.3 Å². The zero-order valence-corrected chi connectivity index (χ0v) is 14.6. The number of rotatable bonds is 6. The highest BCUT2D eigenvalue weighted by Gasteiger charge is 2.26. The van der Waals surface area contributed by atoms with E-state index >= 15 is 0 Å². The molecule has 2 aromatic heterocycles. The molecule has 2 aromatic rings. The van der Waals surface area contributed by atoms with Gasteiger partial charge in [-0.2, -0.15) is 5.10 Å². The molecule has 0 aromatic carbocycles. The Kier molecular flexibility index (Phi) is 5.49. The topological polar surface area (TPSA) is 38.1 Å². The molecule has 3 rings (SSSR count). The first-order valence-corrected chi connectivity index (χ1v) is 9.40. The lowest BCUT2D eigenvalue weighted by atomic mass is 9.97. The molecule has 0 bridgehead atoms. The van der Waals surface area contributed by atoms with Gasteiger partial charge in [-0.25, -0.2) is 0 Å². The summed E-state index contributed by atoms with van der Waals surface area (Å²) >= 11 is 1.82. The molecule has 1 aliphatic heterocycles. The molecule has 23 heavy (non-hydrogen) atoms. The van der Waals surface area contributed by atoms with E-state index in [2.05, 4.69) is 27.5 Å². The smallest absolute Gasteiger partial charge is 0.223 e. The van der Waals surface area contributed by atoms with Gasteiger partial charge < -0.3 is 4.90 Å². The van der Waals surface area contributed by atoms with Crippen LogP contribution < -0.4 is 0 Å². The summed E-state index contributed by atoms with van der Waals surface area (Å²) in [6.45, 7) is 0.932. The Morgan fingerprint density at radius 1 is 1.39 bits per heavy atom. The lowest BCUT2D eigenvalue weighted by molar-refractivity contribution is -0.135. The first-order chi connectivity index (χ1) is 11.2. The predicted molar refractivity (Wildman–Crippen MR) is 93.5 cm³/mol. The van der Waals surface area contributed by atoms with Gasteiger partial charge in [0.2, 0.25) is 5.91 Å². The molecule has 3 heterocycles. The van der Waals surface area contributed by atoms with Gasteiger partial charge in [0.15, 0.2) is 0 Å². The van der Waals surface area contributed by atoms with Crippen LogP contribution in [0.15, 0.2) is 29.9 Å². The summed E-state index contributed by atoms with van der Waals surface area (Å²) in [6, 6.07) is 4.73. The third-order valence-electron chi connectivity index (χ3n) is 4.64. The van der Waals surface area contributed by atoms with Crippen LogP contribution >= 0.6 is 11.3 Å². The van der Waals surface area contributed by atoms with Crippen molar-refractivity contribution in [1.29, 1.82) is 0 Å². The van der Waals surface area contributed by atoms with Gasteiger partial charge >= 0.3 is 0 Å². The summed E-state index contributed by atoms with van der Waals surface area (Å²) in [7, 11) is 1.91. The Labute approximate surface area is 142 Å². The van der Waals surface area contributed by atoms with Crippen molar-refractivity contribution in [2.75, 3.05) is 6.54 Å². The third-order valence-corrected chi connectivity index (χ3v) is 5.57. The van der Waals surface area contributed by atoms with Crippen LogP contribution in [0.1, 0.15) is 42.5 Å². The molecule has 4 nitrogen and oxygen atoms in total. The molecule has 1 atom stereocenters. The van der Waals surface area contributed by atoms with Gasteiger partial charge in [0.25, 0.3) is 0 Å². The summed E-state index contributed by atoms with van der Waals surface area (Å²) in [5, 5.41) is 6.30. The van der Waals surface area contributed by atoms with Crippen LogP contribution in [0.5, 0.6) is 0 Å². The fraction of sp³-hybridized carbons (Fsp3) is 0.556. The number of likely N-dealkylation sites (tertiary alicyclic amines) is 1. The number of hydrogen-bond acceptors (Lipinski definition) is 3. The zero-order chi connectivity index (χ0) is 16.1. The van der Waals surface area contributed by atoms with Crippen molar-refractivity contribution >= 4 is 17.2 Å². The van der Waals surface area contributed by atoms with Gasteiger partial charge in [-0.3, -0.25) is 9.48 Å². The second-order valence-electron chi connectivity index (χ2n) is 6.38. The molecule has 124 valence electrons. The minimum atomic E-state index is 0.310. The summed E-state index contributed by atoms with van der Waals surface area (Å²) in [5.74, 6) is 0.310. The number of nitrogens with zero attached hydrogens (tertiary/aromatic N) is 3. The zero-order valence-electron chi connectivity index (χ0n) is 13.8. The van der Waals surface area contributed by atoms with Gasteiger partial charge in [-0.1, -0.05) is 6.07 Å². The van der Waals surface area contributed by atoms with Crippen molar-refractivity contribution < 1.29 is 4.79 Å². The van der Waals surface area contributed by atoms with Crippen LogP contribution in [0, 0.1) is 0 Å². The van der Waals surface area contributed by atoms with Crippen molar-refractivity contribution in [3.05, 3.63) is 40.3 Å². The number of amides is 1. The van der Waals surface area contributed by atoms with E-state index in [9.17, 15) is 4.79 Å². The van der Waals surface area contributed by atoms with Crippen LogP contribution in [0.25, 0.3) is 0 Å². The van der Waals surface area contributed by atoms with Crippen molar-refractivity contribution in [1.82, 2.24) is 14.7 Å². The summed E-state index contributed by atoms with van der Waals surface area (Å²) in [6.07, 6.45) is 11.0. The van der Waals surface area contributed by atoms with E-state index in [1.54, 1.807) is 4.68 Å². The van der Waals surface area contributed by atoms with Gasteiger partial charge in [-0.05, 0) is 55.5 Å². The van der Waals surface area contributed by atoms with E-state index in [4.69, 9.17) is 0 Å². The number of piperidine rings is 1. The normalized spacial score (nSPS) is 18.3. The van der Waals surface area contributed by atoms with Crippen molar-refractivity contribution in [3.63, 3.8) is 0 Å². The third kappa shape index (κ3) is 4.44. The Hall–Kier alpha value is -1.62. The van der Waals surface area contributed by atoms with E-state index in [0.717, 1.165) is 44.2 Å². The van der Waals surface area contributed by atoms with Crippen LogP contribution in [0.4, 0.5) is 0 Å². The molecule has 0 spiro atoms. The SMILES string of the molecule is Cn1cc(CCC(=O)N2CCCC[C@@H]2CCc2cccs2)cn1. The summed E-state index contributed by atoms with van der Waals surface area (Å²) < 4.78 is 1.80. The Balaban J connectivity index is 1.53. The number of aryl methyl sites for hydroxylation is 3. The molecule has 1 amide bonds. The molecule has 0 unspecified atom stereocenters. The van der Waals surface area contributed by atoms with Gasteiger partial charge in [-0.15, -0.1) is 11.3 Å². The maximum absolute atomic E-state index is 12.7. The molecule has 1 aliphatic rings. The Morgan fingerprint density at radius 2 is 2.30 bits per heavy atom. The summed E-state index contributed by atoms with van der Waals surface area (Å²) in [4.78, 5) is 16.2. The monoisotopic (exact) mass is 331 g/mol. The predicted octanol–water partition coefficient (Wildman–Crippen LogP) is 3.43. The molecular weight excluding hydrogens is 306 g/mol. The maximum Gasteiger partial charge on any atom is 0.223 e. The van der Waals surface area contributed by atoms with Gasteiger partial charge in [0, 0.05) is 37.1 Å². The lowest BCUT2D eigenvalue weighted by Crippen LogP contribution is -2.44. The molecule has 1 fully saturated rings. The van der Waals surface area contributed by atoms with E-state index in [1.807, 2.05) is 30.8 Å². The van der Waals surface area contributed by atoms with Crippen molar-refractivity contribution in [3.8, 4) is 0 Å². The second-order valence-corrected chi connectivity index (χ2v) is 7.41. The fourth-order valence-corrected chi connectivity index (χ4v) is 4.11. The van der Waals surface area contributed by atoms with Crippen molar-refractivity contribution in [2.24, 2.45) is 7.05 Å². The maximum atomic E-state index is 12.7. The molecular formula is C18H25N3OS. The summed E-state index contributed by atoms with van der Waals surface area (Å²) in [5.41, 5.74) is 1.15.